The fraction of sp³-hybridized carbons (Fsp3) is 0.500. The van der Waals surface area contributed by atoms with Crippen molar-refractivity contribution in [3.8, 4) is 5.75 Å². The van der Waals surface area contributed by atoms with Gasteiger partial charge in [0.25, 0.3) is 0 Å². The minimum atomic E-state index is -3.13. The number of rotatable bonds is 8. The molecule has 9 heteroatoms. The summed E-state index contributed by atoms with van der Waals surface area (Å²) in [5, 5.41) is 3.12. The molecule has 1 rings (SSSR count). The van der Waals surface area contributed by atoms with Gasteiger partial charge < -0.3 is 15.8 Å². The van der Waals surface area contributed by atoms with Crippen molar-refractivity contribution in [3.05, 3.63) is 29.3 Å². The minimum absolute atomic E-state index is 0. The Bertz CT molecular complexity index is 611. The van der Waals surface area contributed by atoms with Gasteiger partial charge in [0, 0.05) is 6.26 Å². The van der Waals surface area contributed by atoms with Gasteiger partial charge >= 0.3 is 0 Å². The van der Waals surface area contributed by atoms with Crippen molar-refractivity contribution in [3.63, 3.8) is 0 Å². The van der Waals surface area contributed by atoms with Crippen LogP contribution in [0.1, 0.15) is 13.3 Å². The van der Waals surface area contributed by atoms with Crippen LogP contribution in [-0.4, -0.2) is 45.0 Å². The van der Waals surface area contributed by atoms with Crippen LogP contribution in [0.15, 0.2) is 24.3 Å². The highest BCUT2D eigenvalue weighted by Gasteiger charge is 2.17. The first-order valence-corrected chi connectivity index (χ1v) is 9.25. The van der Waals surface area contributed by atoms with E-state index in [-0.39, 0.29) is 37.2 Å². The van der Waals surface area contributed by atoms with Crippen LogP contribution < -0.4 is 15.8 Å². The van der Waals surface area contributed by atoms with Crippen molar-refractivity contribution < 1.29 is 17.9 Å². The van der Waals surface area contributed by atoms with Crippen LogP contribution in [0.2, 0.25) is 5.02 Å². The lowest BCUT2D eigenvalue weighted by atomic mass is 10.2. The number of carbonyl (C=O) groups excluding carboxylic acids is 1. The number of amides is 1. The molecule has 132 valence electrons. The number of sulfone groups is 1. The molecule has 0 aliphatic carbocycles. The Balaban J connectivity index is 0.00000484. The maximum atomic E-state index is 11.8. The predicted molar refractivity (Wildman–Crippen MR) is 94.1 cm³/mol. The molecule has 1 aromatic rings. The summed E-state index contributed by atoms with van der Waals surface area (Å²) in [6.45, 7) is 2.03. The largest absolute Gasteiger partial charge is 0.487 e. The molecule has 6 nitrogen and oxygen atoms in total. The third-order valence-corrected chi connectivity index (χ3v) is 4.15. The van der Waals surface area contributed by atoms with Crippen LogP contribution in [0.25, 0.3) is 0 Å². The van der Waals surface area contributed by atoms with E-state index in [1.165, 1.54) is 0 Å². The van der Waals surface area contributed by atoms with Gasteiger partial charge in [0.2, 0.25) is 5.91 Å². The van der Waals surface area contributed by atoms with Crippen molar-refractivity contribution in [2.24, 2.45) is 5.73 Å². The maximum absolute atomic E-state index is 11.8. The fourth-order valence-electron chi connectivity index (χ4n) is 1.65. The molecular weight excluding hydrogens is 363 g/mol. The molecule has 0 spiro atoms. The smallest absolute Gasteiger partial charge is 0.237 e. The second kappa shape index (κ2) is 9.97. The summed E-state index contributed by atoms with van der Waals surface area (Å²) < 4.78 is 27.7. The van der Waals surface area contributed by atoms with E-state index < -0.39 is 21.8 Å². The van der Waals surface area contributed by atoms with Gasteiger partial charge in [-0.2, -0.15) is 0 Å². The molecule has 2 unspecified atom stereocenters. The van der Waals surface area contributed by atoms with Gasteiger partial charge in [0.05, 0.1) is 23.4 Å². The molecular formula is C14H22Cl2N2O4S. The summed E-state index contributed by atoms with van der Waals surface area (Å²) in [6, 6.07) is 6.18. The summed E-state index contributed by atoms with van der Waals surface area (Å²) in [5.41, 5.74) is 5.65. The van der Waals surface area contributed by atoms with Gasteiger partial charge in [0.15, 0.2) is 0 Å². The highest BCUT2D eigenvalue weighted by atomic mass is 35.5. The van der Waals surface area contributed by atoms with Gasteiger partial charge in [-0.3, -0.25) is 4.79 Å². The molecule has 3 N–H and O–H groups in total. The topological polar surface area (TPSA) is 98.5 Å². The average molecular weight is 385 g/mol. The normalized spacial score (nSPS) is 13.6. The van der Waals surface area contributed by atoms with Crippen molar-refractivity contribution in [2.75, 3.05) is 18.6 Å². The second-order valence-electron chi connectivity index (χ2n) is 5.13. The number of ether oxygens (including phenoxy) is 1. The van der Waals surface area contributed by atoms with E-state index >= 15 is 0 Å². The van der Waals surface area contributed by atoms with Crippen molar-refractivity contribution in [1.82, 2.24) is 5.32 Å². The Hall–Kier alpha value is -1.02. The number of benzene rings is 1. The van der Waals surface area contributed by atoms with Crippen molar-refractivity contribution in [2.45, 2.75) is 25.5 Å². The molecule has 1 amide bonds. The summed E-state index contributed by atoms with van der Waals surface area (Å²) in [5.74, 6) is 0.0123. The van der Waals surface area contributed by atoms with Crippen LogP contribution in [0.3, 0.4) is 0 Å². The average Bonchev–Trinajstić information content (AvgIpc) is 2.44. The Morgan fingerprint density at radius 2 is 2.00 bits per heavy atom. The lowest BCUT2D eigenvalue weighted by Gasteiger charge is -2.18. The van der Waals surface area contributed by atoms with Crippen LogP contribution in [-0.2, 0) is 14.6 Å². The minimum Gasteiger partial charge on any atom is -0.487 e. The number of halogens is 2. The quantitative estimate of drug-likeness (QED) is 0.705. The molecule has 0 aliphatic heterocycles. The first kappa shape index (κ1) is 22.0. The standard InChI is InChI=1S/C14H21ClN2O4S.ClH/c1-10(21-13-6-4-3-5-11(13)15)9-17-14(18)12(16)7-8-22(2,19)20;/h3-6,10,12H,7-9,16H2,1-2H3,(H,17,18);1H. The van der Waals surface area contributed by atoms with E-state index in [9.17, 15) is 13.2 Å². The Labute approximate surface area is 148 Å². The number of para-hydroxylation sites is 1. The Morgan fingerprint density at radius 3 is 2.57 bits per heavy atom. The first-order chi connectivity index (χ1) is 10.2. The van der Waals surface area contributed by atoms with Gasteiger partial charge in [-0.1, -0.05) is 23.7 Å². The second-order valence-corrected chi connectivity index (χ2v) is 7.80. The first-order valence-electron chi connectivity index (χ1n) is 6.81. The Kier molecular flexibility index (Phi) is 9.53. The van der Waals surface area contributed by atoms with Crippen LogP contribution in [0, 0.1) is 0 Å². The molecule has 0 radical (unpaired) electrons. The zero-order valence-electron chi connectivity index (χ0n) is 13.0. The number of hydrogen-bond acceptors (Lipinski definition) is 5. The molecule has 2 atom stereocenters. The number of hydrogen-bond donors (Lipinski definition) is 2. The summed E-state index contributed by atoms with van der Waals surface area (Å²) in [4.78, 5) is 11.8. The van der Waals surface area contributed by atoms with Gasteiger partial charge in [-0.15, -0.1) is 12.4 Å². The van der Waals surface area contributed by atoms with Crippen LogP contribution >= 0.6 is 24.0 Å². The van der Waals surface area contributed by atoms with Crippen LogP contribution in [0.5, 0.6) is 5.75 Å². The van der Waals surface area contributed by atoms with Gasteiger partial charge in [-0.25, -0.2) is 8.42 Å². The molecule has 0 aromatic heterocycles. The molecule has 0 aliphatic rings. The third kappa shape index (κ3) is 9.00. The van der Waals surface area contributed by atoms with Crippen molar-refractivity contribution in [1.29, 1.82) is 0 Å². The summed E-state index contributed by atoms with van der Waals surface area (Å²) >= 11 is 5.98. The third-order valence-electron chi connectivity index (χ3n) is 2.86. The number of carbonyl (C=O) groups is 1. The summed E-state index contributed by atoms with van der Waals surface area (Å²) in [6.07, 6.45) is 0.896. The number of nitrogens with one attached hydrogen (secondary N) is 1. The SMILES string of the molecule is CC(CNC(=O)C(N)CCS(C)(=O)=O)Oc1ccccc1Cl.Cl. The fourth-order valence-corrected chi connectivity index (χ4v) is 2.51. The molecule has 23 heavy (non-hydrogen) atoms. The molecule has 0 heterocycles. The molecule has 1 aromatic carbocycles. The lowest BCUT2D eigenvalue weighted by molar-refractivity contribution is -0.122. The number of nitrogens with two attached hydrogens (primary N) is 1. The Morgan fingerprint density at radius 1 is 1.39 bits per heavy atom. The maximum Gasteiger partial charge on any atom is 0.237 e. The highest BCUT2D eigenvalue weighted by Crippen LogP contribution is 2.23. The molecule has 0 bridgehead atoms. The zero-order valence-corrected chi connectivity index (χ0v) is 15.4. The van der Waals surface area contributed by atoms with E-state index in [1.807, 2.05) is 0 Å². The van der Waals surface area contributed by atoms with Gasteiger partial charge in [0.1, 0.15) is 21.7 Å². The zero-order chi connectivity index (χ0) is 16.8. The molecule has 0 saturated heterocycles. The highest BCUT2D eigenvalue weighted by molar-refractivity contribution is 7.90. The van der Waals surface area contributed by atoms with Crippen LogP contribution in [0.4, 0.5) is 0 Å². The summed E-state index contributed by atoms with van der Waals surface area (Å²) in [7, 11) is -3.13. The lowest BCUT2D eigenvalue weighted by Crippen LogP contribution is -2.44. The van der Waals surface area contributed by atoms with E-state index in [2.05, 4.69) is 5.32 Å². The van der Waals surface area contributed by atoms with E-state index in [0.29, 0.717) is 10.8 Å². The predicted octanol–water partition coefficient (Wildman–Crippen LogP) is 1.41. The van der Waals surface area contributed by atoms with E-state index in [4.69, 9.17) is 22.1 Å². The van der Waals surface area contributed by atoms with E-state index in [0.717, 1.165) is 6.26 Å². The van der Waals surface area contributed by atoms with E-state index in [1.54, 1.807) is 31.2 Å². The molecule has 0 fully saturated rings. The molecule has 0 saturated carbocycles. The van der Waals surface area contributed by atoms with Gasteiger partial charge in [-0.05, 0) is 25.5 Å². The monoisotopic (exact) mass is 384 g/mol. The van der Waals surface area contributed by atoms with Crippen molar-refractivity contribution >= 4 is 39.8 Å².